The molecule has 1 atom stereocenters. The van der Waals surface area contributed by atoms with Crippen LogP contribution in [0.2, 0.25) is 0 Å². The fourth-order valence-corrected chi connectivity index (χ4v) is 2.86. The van der Waals surface area contributed by atoms with Crippen LogP contribution >= 0.6 is 11.3 Å². The summed E-state index contributed by atoms with van der Waals surface area (Å²) in [7, 11) is 0. The molecule has 0 aliphatic rings. The molecule has 0 fully saturated rings. The average Bonchev–Trinajstić information content (AvgIpc) is 3.12. The SMILES string of the molecule is C[C@H](NC(=O)c1nc(-c2cccs2)nc(O)c1O)c1ccccc1. The third-order valence-electron chi connectivity index (χ3n) is 3.47. The van der Waals surface area contributed by atoms with Crippen LogP contribution in [0, 0.1) is 0 Å². The molecule has 3 N–H and O–H groups in total. The molecule has 1 amide bonds. The zero-order valence-electron chi connectivity index (χ0n) is 12.8. The second-order valence-corrected chi connectivity index (χ2v) is 6.10. The summed E-state index contributed by atoms with van der Waals surface area (Å²) in [5.74, 6) is -1.64. The first-order valence-electron chi connectivity index (χ1n) is 7.26. The number of hydrogen-bond donors (Lipinski definition) is 3. The molecule has 6 nitrogen and oxygen atoms in total. The van der Waals surface area contributed by atoms with E-state index in [9.17, 15) is 15.0 Å². The minimum atomic E-state index is -0.631. The van der Waals surface area contributed by atoms with Gasteiger partial charge in [-0.3, -0.25) is 4.79 Å². The fraction of sp³-hybridized carbons (Fsp3) is 0.118. The van der Waals surface area contributed by atoms with Crippen molar-refractivity contribution in [1.29, 1.82) is 0 Å². The third-order valence-corrected chi connectivity index (χ3v) is 4.34. The van der Waals surface area contributed by atoms with E-state index >= 15 is 0 Å². The Morgan fingerprint density at radius 1 is 1.12 bits per heavy atom. The number of aromatic hydroxyl groups is 2. The van der Waals surface area contributed by atoms with Crippen molar-refractivity contribution in [2.75, 3.05) is 0 Å². The summed E-state index contributed by atoms with van der Waals surface area (Å²) < 4.78 is 0. The van der Waals surface area contributed by atoms with Crippen LogP contribution in [0.3, 0.4) is 0 Å². The molecule has 3 aromatic rings. The highest BCUT2D eigenvalue weighted by molar-refractivity contribution is 7.13. The summed E-state index contributed by atoms with van der Waals surface area (Å²) in [6.07, 6.45) is 0. The maximum absolute atomic E-state index is 12.5. The average molecular weight is 341 g/mol. The summed E-state index contributed by atoms with van der Waals surface area (Å²) in [5, 5.41) is 24.3. The number of carbonyl (C=O) groups excluding carboxylic acids is 1. The van der Waals surface area contributed by atoms with Crippen molar-refractivity contribution in [2.24, 2.45) is 0 Å². The molecule has 24 heavy (non-hydrogen) atoms. The van der Waals surface area contributed by atoms with E-state index in [0.29, 0.717) is 4.88 Å². The van der Waals surface area contributed by atoms with Gasteiger partial charge in [-0.1, -0.05) is 36.4 Å². The van der Waals surface area contributed by atoms with E-state index in [1.54, 1.807) is 6.07 Å². The Labute approximate surface area is 142 Å². The molecule has 0 aliphatic heterocycles. The van der Waals surface area contributed by atoms with Crippen LogP contribution < -0.4 is 5.32 Å². The summed E-state index contributed by atoms with van der Waals surface area (Å²) in [6, 6.07) is 12.7. The van der Waals surface area contributed by atoms with Crippen LogP contribution in [-0.4, -0.2) is 26.1 Å². The molecule has 7 heteroatoms. The van der Waals surface area contributed by atoms with E-state index in [1.807, 2.05) is 48.7 Å². The number of benzene rings is 1. The molecule has 0 bridgehead atoms. The van der Waals surface area contributed by atoms with Crippen molar-refractivity contribution >= 4 is 17.2 Å². The van der Waals surface area contributed by atoms with Crippen LogP contribution in [0.4, 0.5) is 0 Å². The van der Waals surface area contributed by atoms with Gasteiger partial charge in [0.15, 0.2) is 11.5 Å². The molecule has 0 radical (unpaired) electrons. The van der Waals surface area contributed by atoms with Crippen molar-refractivity contribution in [1.82, 2.24) is 15.3 Å². The topological polar surface area (TPSA) is 95.3 Å². The smallest absolute Gasteiger partial charge is 0.274 e. The first-order chi connectivity index (χ1) is 11.6. The standard InChI is InChI=1S/C17H15N3O3S/c1-10(11-6-3-2-4-7-11)18-16(22)13-14(21)17(23)20-15(19-13)12-8-5-9-24-12/h2-10,21H,1H3,(H,18,22)(H,19,20,23)/t10-/m0/s1. The van der Waals surface area contributed by atoms with Gasteiger partial charge >= 0.3 is 0 Å². The highest BCUT2D eigenvalue weighted by atomic mass is 32.1. The Hall–Kier alpha value is -2.93. The van der Waals surface area contributed by atoms with E-state index in [2.05, 4.69) is 15.3 Å². The minimum absolute atomic E-state index is 0.192. The fourth-order valence-electron chi connectivity index (χ4n) is 2.21. The Balaban J connectivity index is 1.89. The summed E-state index contributed by atoms with van der Waals surface area (Å²) in [6.45, 7) is 1.82. The van der Waals surface area contributed by atoms with Gasteiger partial charge in [0.25, 0.3) is 11.8 Å². The van der Waals surface area contributed by atoms with Crippen molar-refractivity contribution in [2.45, 2.75) is 13.0 Å². The minimum Gasteiger partial charge on any atom is -0.501 e. The van der Waals surface area contributed by atoms with Crippen LogP contribution in [0.1, 0.15) is 29.0 Å². The number of nitrogens with zero attached hydrogens (tertiary/aromatic N) is 2. The molecule has 2 heterocycles. The Bertz CT molecular complexity index is 851. The van der Waals surface area contributed by atoms with Crippen LogP contribution in [0.15, 0.2) is 47.8 Å². The highest BCUT2D eigenvalue weighted by Gasteiger charge is 2.22. The number of hydrogen-bond acceptors (Lipinski definition) is 6. The molecule has 3 rings (SSSR count). The zero-order valence-corrected chi connectivity index (χ0v) is 13.6. The lowest BCUT2D eigenvalue weighted by atomic mass is 10.1. The molecule has 0 aliphatic carbocycles. The molecule has 0 unspecified atom stereocenters. The first kappa shape index (κ1) is 15.9. The quantitative estimate of drug-likeness (QED) is 0.678. The van der Waals surface area contributed by atoms with Crippen molar-refractivity contribution in [3.05, 3.63) is 59.1 Å². The van der Waals surface area contributed by atoms with E-state index in [4.69, 9.17) is 0 Å². The monoisotopic (exact) mass is 341 g/mol. The van der Waals surface area contributed by atoms with Gasteiger partial charge in [-0.15, -0.1) is 11.3 Å². The molecule has 1 aromatic carbocycles. The van der Waals surface area contributed by atoms with E-state index in [-0.39, 0.29) is 17.6 Å². The number of carbonyl (C=O) groups is 1. The Morgan fingerprint density at radius 2 is 1.88 bits per heavy atom. The van der Waals surface area contributed by atoms with Crippen molar-refractivity contribution in [3.8, 4) is 22.3 Å². The van der Waals surface area contributed by atoms with Crippen LogP contribution in [-0.2, 0) is 0 Å². The summed E-state index contributed by atoms with van der Waals surface area (Å²) in [5.41, 5.74) is 0.663. The Morgan fingerprint density at radius 3 is 2.54 bits per heavy atom. The third kappa shape index (κ3) is 3.21. The van der Waals surface area contributed by atoms with Gasteiger partial charge in [0.05, 0.1) is 10.9 Å². The molecular weight excluding hydrogens is 326 g/mol. The number of amides is 1. The zero-order chi connectivity index (χ0) is 17.1. The predicted molar refractivity (Wildman–Crippen MR) is 91.0 cm³/mol. The number of rotatable bonds is 4. The number of aromatic nitrogens is 2. The molecule has 122 valence electrons. The van der Waals surface area contributed by atoms with Crippen LogP contribution in [0.25, 0.3) is 10.7 Å². The van der Waals surface area contributed by atoms with Gasteiger partial charge in [-0.05, 0) is 23.9 Å². The van der Waals surface area contributed by atoms with Gasteiger partial charge in [-0.2, -0.15) is 4.98 Å². The van der Waals surface area contributed by atoms with Gasteiger partial charge in [-0.25, -0.2) is 4.98 Å². The predicted octanol–water partition coefficient (Wildman–Crippen LogP) is 3.11. The lowest BCUT2D eigenvalue weighted by Crippen LogP contribution is -2.27. The molecular formula is C17H15N3O3S. The van der Waals surface area contributed by atoms with Gasteiger partial charge in [0, 0.05) is 0 Å². The Kier molecular flexibility index (Phi) is 4.43. The molecule has 0 saturated heterocycles. The normalized spacial score (nSPS) is 11.9. The summed E-state index contributed by atoms with van der Waals surface area (Å²) in [4.78, 5) is 21.1. The van der Waals surface area contributed by atoms with Gasteiger partial charge in [0.2, 0.25) is 5.75 Å². The molecule has 0 spiro atoms. The number of thiophene rings is 1. The van der Waals surface area contributed by atoms with E-state index in [1.165, 1.54) is 11.3 Å². The first-order valence-corrected chi connectivity index (χ1v) is 8.14. The number of nitrogens with one attached hydrogen (secondary N) is 1. The maximum Gasteiger partial charge on any atom is 0.274 e. The van der Waals surface area contributed by atoms with Gasteiger partial charge in [0.1, 0.15) is 0 Å². The molecule has 2 aromatic heterocycles. The van der Waals surface area contributed by atoms with E-state index < -0.39 is 17.5 Å². The molecule has 0 saturated carbocycles. The van der Waals surface area contributed by atoms with Crippen molar-refractivity contribution in [3.63, 3.8) is 0 Å². The van der Waals surface area contributed by atoms with E-state index in [0.717, 1.165) is 5.56 Å². The summed E-state index contributed by atoms with van der Waals surface area (Å²) >= 11 is 1.37. The van der Waals surface area contributed by atoms with Crippen LogP contribution in [0.5, 0.6) is 11.6 Å². The lowest BCUT2D eigenvalue weighted by molar-refractivity contribution is 0.0930. The maximum atomic E-state index is 12.5. The second-order valence-electron chi connectivity index (χ2n) is 5.15. The highest BCUT2D eigenvalue weighted by Crippen LogP contribution is 2.30. The lowest BCUT2D eigenvalue weighted by Gasteiger charge is -2.14. The van der Waals surface area contributed by atoms with Crippen molar-refractivity contribution < 1.29 is 15.0 Å². The largest absolute Gasteiger partial charge is 0.501 e. The van der Waals surface area contributed by atoms with Gasteiger partial charge < -0.3 is 15.5 Å². The second kappa shape index (κ2) is 6.67.